The van der Waals surface area contributed by atoms with Crippen molar-refractivity contribution in [2.24, 2.45) is 5.92 Å². The van der Waals surface area contributed by atoms with Gasteiger partial charge in [0.25, 0.3) is 0 Å². The summed E-state index contributed by atoms with van der Waals surface area (Å²) in [5, 5.41) is 0. The Balaban J connectivity index is 1.86. The Morgan fingerprint density at radius 2 is 1.81 bits per heavy atom. The van der Waals surface area contributed by atoms with Crippen molar-refractivity contribution in [3.8, 4) is 0 Å². The largest absolute Gasteiger partial charge is 0.461 e. The molecule has 0 unspecified atom stereocenters. The summed E-state index contributed by atoms with van der Waals surface area (Å²) in [6, 6.07) is 0. The van der Waals surface area contributed by atoms with Crippen LogP contribution in [0.15, 0.2) is 0 Å². The molecule has 2 aliphatic rings. The van der Waals surface area contributed by atoms with Crippen LogP contribution in [0.2, 0.25) is 5.82 Å². The highest BCUT2D eigenvalue weighted by molar-refractivity contribution is 6.48. The molecule has 2 atom stereocenters. The second-order valence-corrected chi connectivity index (χ2v) is 6.64. The molecule has 5 heteroatoms. The Morgan fingerprint density at radius 3 is 2.31 bits per heavy atom. The molecule has 0 aromatic heterocycles. The van der Waals surface area contributed by atoms with Gasteiger partial charge in [-0.1, -0.05) is 0 Å². The van der Waals surface area contributed by atoms with Gasteiger partial charge in [-0.2, -0.15) is 0 Å². The van der Waals surface area contributed by atoms with Gasteiger partial charge in [0.05, 0.1) is 11.2 Å². The lowest BCUT2D eigenvalue weighted by Crippen LogP contribution is -2.41. The maximum atomic E-state index is 6.04. The van der Waals surface area contributed by atoms with Crippen LogP contribution in [-0.4, -0.2) is 35.4 Å². The SMILES string of the molecule is CC1(C)OB([C@@H]2C[C@H]2CCO[SiH3])OC1(C)C. The molecule has 0 amide bonds. The third-order valence-electron chi connectivity index (χ3n) is 4.29. The minimum absolute atomic E-state index is 0.00380. The average molecular weight is 242 g/mol. The molecule has 0 aromatic carbocycles. The number of rotatable bonds is 4. The third-order valence-corrected chi connectivity index (χ3v) is 4.70. The van der Waals surface area contributed by atoms with Crippen LogP contribution >= 0.6 is 0 Å². The molecule has 3 nitrogen and oxygen atoms in total. The van der Waals surface area contributed by atoms with E-state index >= 15 is 0 Å². The van der Waals surface area contributed by atoms with Gasteiger partial charge >= 0.3 is 7.12 Å². The Kier molecular flexibility index (Phi) is 3.25. The van der Waals surface area contributed by atoms with E-state index in [1.807, 2.05) is 0 Å². The lowest BCUT2D eigenvalue weighted by molar-refractivity contribution is 0.00578. The highest BCUT2D eigenvalue weighted by atomic mass is 28.2. The van der Waals surface area contributed by atoms with Crippen LogP contribution in [0.3, 0.4) is 0 Å². The Hall–Kier alpha value is 0.162. The van der Waals surface area contributed by atoms with E-state index < -0.39 is 0 Å². The van der Waals surface area contributed by atoms with Gasteiger partial charge in [0.2, 0.25) is 0 Å². The second kappa shape index (κ2) is 4.12. The molecule has 1 saturated heterocycles. The Labute approximate surface area is 102 Å². The first-order chi connectivity index (χ1) is 7.37. The van der Waals surface area contributed by atoms with Gasteiger partial charge in [-0.3, -0.25) is 0 Å². The fraction of sp³-hybridized carbons (Fsp3) is 1.00. The maximum absolute atomic E-state index is 6.04. The van der Waals surface area contributed by atoms with E-state index in [1.54, 1.807) is 0 Å². The first-order valence-corrected chi connectivity index (χ1v) is 7.03. The zero-order valence-electron chi connectivity index (χ0n) is 11.1. The van der Waals surface area contributed by atoms with Gasteiger partial charge in [0.15, 0.2) is 0 Å². The number of hydrogen-bond acceptors (Lipinski definition) is 3. The van der Waals surface area contributed by atoms with Crippen LogP contribution in [0.4, 0.5) is 0 Å². The highest BCUT2D eigenvalue weighted by Crippen LogP contribution is 2.54. The quantitative estimate of drug-likeness (QED) is 0.692. The van der Waals surface area contributed by atoms with Crippen molar-refractivity contribution in [2.45, 2.75) is 57.6 Å². The van der Waals surface area contributed by atoms with Gasteiger partial charge in [-0.05, 0) is 52.3 Å². The van der Waals surface area contributed by atoms with E-state index in [0.717, 1.165) is 29.4 Å². The smallest absolute Gasteiger partial charge is 0.428 e. The fourth-order valence-electron chi connectivity index (χ4n) is 2.27. The zero-order valence-corrected chi connectivity index (χ0v) is 13.1. The van der Waals surface area contributed by atoms with Crippen LogP contribution in [-0.2, 0) is 13.7 Å². The van der Waals surface area contributed by atoms with Gasteiger partial charge < -0.3 is 13.7 Å². The van der Waals surface area contributed by atoms with Crippen molar-refractivity contribution in [1.82, 2.24) is 0 Å². The summed E-state index contributed by atoms with van der Waals surface area (Å²) in [4.78, 5) is 0. The highest BCUT2D eigenvalue weighted by Gasteiger charge is 2.59. The summed E-state index contributed by atoms with van der Waals surface area (Å²) in [6.45, 7) is 9.37. The summed E-state index contributed by atoms with van der Waals surface area (Å²) >= 11 is 0. The lowest BCUT2D eigenvalue weighted by atomic mass is 9.80. The molecule has 0 spiro atoms. The molecule has 0 aromatic rings. The van der Waals surface area contributed by atoms with E-state index in [-0.39, 0.29) is 18.3 Å². The Morgan fingerprint density at radius 1 is 1.25 bits per heavy atom. The van der Waals surface area contributed by atoms with E-state index in [1.165, 1.54) is 6.42 Å². The lowest BCUT2D eigenvalue weighted by Gasteiger charge is -2.32. The van der Waals surface area contributed by atoms with Crippen molar-refractivity contribution in [2.75, 3.05) is 6.61 Å². The second-order valence-electron chi connectivity index (χ2n) is 6.07. The molecule has 1 heterocycles. The van der Waals surface area contributed by atoms with Crippen LogP contribution in [0, 0.1) is 5.92 Å². The minimum atomic E-state index is -0.182. The summed E-state index contributed by atoms with van der Waals surface area (Å²) < 4.78 is 17.3. The van der Waals surface area contributed by atoms with Gasteiger partial charge in [-0.15, -0.1) is 0 Å². The minimum Gasteiger partial charge on any atom is -0.428 e. The monoisotopic (exact) mass is 242 g/mol. The topological polar surface area (TPSA) is 27.7 Å². The zero-order chi connectivity index (χ0) is 12.0. The van der Waals surface area contributed by atoms with Crippen molar-refractivity contribution in [3.05, 3.63) is 0 Å². The van der Waals surface area contributed by atoms with Crippen LogP contribution in [0.25, 0.3) is 0 Å². The summed E-state index contributed by atoms with van der Waals surface area (Å²) in [5.41, 5.74) is -0.363. The molecule has 2 rings (SSSR count). The van der Waals surface area contributed by atoms with E-state index in [9.17, 15) is 0 Å². The normalized spacial score (nSPS) is 35.6. The van der Waals surface area contributed by atoms with E-state index in [2.05, 4.69) is 27.7 Å². The molecule has 1 saturated carbocycles. The molecule has 1 aliphatic carbocycles. The van der Waals surface area contributed by atoms with E-state index in [0.29, 0.717) is 5.82 Å². The summed E-state index contributed by atoms with van der Waals surface area (Å²) in [5.74, 6) is 1.35. The van der Waals surface area contributed by atoms with Crippen LogP contribution < -0.4 is 0 Å². The maximum Gasteiger partial charge on any atom is 0.461 e. The van der Waals surface area contributed by atoms with Crippen LogP contribution in [0.1, 0.15) is 40.5 Å². The third kappa shape index (κ3) is 2.23. The molecule has 16 heavy (non-hydrogen) atoms. The molecule has 0 N–H and O–H groups in total. The standard InChI is InChI=1S/C11H23BO3Si/c1-10(2)11(3,4)15-12(14-10)9-7-8(9)5-6-13-16/h8-9H,5-7H2,1-4,16H3/t8-,9-/m1/s1. The van der Waals surface area contributed by atoms with E-state index in [4.69, 9.17) is 13.7 Å². The van der Waals surface area contributed by atoms with Gasteiger partial charge in [0.1, 0.15) is 10.5 Å². The summed E-state index contributed by atoms with van der Waals surface area (Å²) in [7, 11) is 0.851. The molecule has 0 radical (unpaired) electrons. The molecule has 92 valence electrons. The number of hydrogen-bond donors (Lipinski definition) is 0. The molecule has 0 bridgehead atoms. The van der Waals surface area contributed by atoms with Crippen molar-refractivity contribution in [3.63, 3.8) is 0 Å². The average Bonchev–Trinajstić information content (AvgIpc) is 2.87. The van der Waals surface area contributed by atoms with Crippen molar-refractivity contribution >= 4 is 17.6 Å². The van der Waals surface area contributed by atoms with Gasteiger partial charge in [-0.25, -0.2) is 0 Å². The Bertz CT molecular complexity index is 254. The first-order valence-electron chi connectivity index (χ1n) is 6.22. The predicted molar refractivity (Wildman–Crippen MR) is 68.4 cm³/mol. The fourth-order valence-corrected chi connectivity index (χ4v) is 2.50. The first kappa shape index (κ1) is 12.6. The molecular weight excluding hydrogens is 219 g/mol. The molecular formula is C11H23BO3Si. The summed E-state index contributed by atoms with van der Waals surface area (Å²) in [6.07, 6.45) is 2.40. The molecule has 2 fully saturated rings. The van der Waals surface area contributed by atoms with Crippen molar-refractivity contribution in [1.29, 1.82) is 0 Å². The van der Waals surface area contributed by atoms with Crippen molar-refractivity contribution < 1.29 is 13.7 Å². The van der Waals surface area contributed by atoms with Crippen LogP contribution in [0.5, 0.6) is 0 Å². The predicted octanol–water partition coefficient (Wildman–Crippen LogP) is 1.16. The van der Waals surface area contributed by atoms with Gasteiger partial charge in [0, 0.05) is 6.61 Å². The molecule has 1 aliphatic heterocycles.